The Balaban J connectivity index is 1.75. The van der Waals surface area contributed by atoms with Gasteiger partial charge in [0.05, 0.1) is 0 Å². The van der Waals surface area contributed by atoms with Crippen molar-refractivity contribution in [2.45, 2.75) is 32.5 Å². The summed E-state index contributed by atoms with van der Waals surface area (Å²) in [5, 5.41) is 9.16. The van der Waals surface area contributed by atoms with Crippen LogP contribution >= 0.6 is 11.3 Å². The number of nitrogens with one attached hydrogen (secondary N) is 3. The lowest BCUT2D eigenvalue weighted by Gasteiger charge is -2.17. The number of nitrogens with zero attached hydrogens (tertiary/aromatic N) is 3. The fraction of sp³-hybridized carbons (Fsp3) is 0.471. The first-order chi connectivity index (χ1) is 12.8. The minimum absolute atomic E-state index is 0.0593. The summed E-state index contributed by atoms with van der Waals surface area (Å²) in [6.45, 7) is 4.94. The molecule has 1 unspecified atom stereocenters. The summed E-state index contributed by atoms with van der Waals surface area (Å²) in [5.41, 5.74) is -0.969. The molecule has 1 atom stereocenters. The van der Waals surface area contributed by atoms with Gasteiger partial charge in [0.25, 0.3) is 0 Å². The van der Waals surface area contributed by atoms with Gasteiger partial charge in [-0.3, -0.25) is 4.99 Å². The normalized spacial score (nSPS) is 13.3. The van der Waals surface area contributed by atoms with E-state index in [9.17, 15) is 13.2 Å². The highest BCUT2D eigenvalue weighted by molar-refractivity contribution is 7.11. The molecule has 0 bridgehead atoms. The zero-order valence-corrected chi connectivity index (χ0v) is 16.2. The van der Waals surface area contributed by atoms with Gasteiger partial charge in [-0.05, 0) is 32.0 Å². The van der Waals surface area contributed by atoms with Crippen LogP contribution in [-0.4, -0.2) is 42.1 Å². The van der Waals surface area contributed by atoms with Crippen molar-refractivity contribution >= 4 is 23.2 Å². The van der Waals surface area contributed by atoms with Gasteiger partial charge in [-0.2, -0.15) is 13.2 Å². The SMILES string of the molecule is CN=C(NCCNc1nccc(C(F)(F)F)n1)NC(C)Cc1ccc(C)s1. The Morgan fingerprint density at radius 3 is 2.67 bits per heavy atom. The summed E-state index contributed by atoms with van der Waals surface area (Å²) in [6, 6.07) is 5.24. The van der Waals surface area contributed by atoms with Crippen molar-refractivity contribution in [1.29, 1.82) is 0 Å². The molecule has 2 rings (SSSR count). The number of hydrogen-bond acceptors (Lipinski definition) is 5. The van der Waals surface area contributed by atoms with E-state index in [0.29, 0.717) is 19.0 Å². The number of rotatable bonds is 7. The molecule has 3 N–H and O–H groups in total. The fourth-order valence-corrected chi connectivity index (χ4v) is 3.35. The third kappa shape index (κ3) is 7.05. The minimum Gasteiger partial charge on any atom is -0.355 e. The van der Waals surface area contributed by atoms with E-state index in [4.69, 9.17) is 0 Å². The minimum atomic E-state index is -4.49. The van der Waals surface area contributed by atoms with Crippen LogP contribution in [0.15, 0.2) is 29.4 Å². The Morgan fingerprint density at radius 2 is 2.04 bits per heavy atom. The van der Waals surface area contributed by atoms with Crippen LogP contribution in [0.1, 0.15) is 22.4 Å². The highest BCUT2D eigenvalue weighted by Crippen LogP contribution is 2.27. The molecule has 0 saturated heterocycles. The molecule has 0 radical (unpaired) electrons. The number of guanidine groups is 1. The summed E-state index contributed by atoms with van der Waals surface area (Å²) in [5.74, 6) is 0.568. The van der Waals surface area contributed by atoms with Crippen molar-refractivity contribution in [3.8, 4) is 0 Å². The monoisotopic (exact) mass is 400 g/mol. The number of halogens is 3. The number of hydrogen-bond donors (Lipinski definition) is 3. The molecular formula is C17H23F3N6S. The maximum absolute atomic E-state index is 12.6. The molecule has 2 heterocycles. The first kappa shape index (κ1) is 20.9. The quantitative estimate of drug-likeness (QED) is 0.378. The van der Waals surface area contributed by atoms with Crippen LogP contribution < -0.4 is 16.0 Å². The Labute approximate surface area is 160 Å². The van der Waals surface area contributed by atoms with Crippen molar-refractivity contribution < 1.29 is 13.2 Å². The number of thiophene rings is 1. The molecule has 0 aromatic carbocycles. The van der Waals surface area contributed by atoms with Crippen molar-refractivity contribution in [2.75, 3.05) is 25.5 Å². The van der Waals surface area contributed by atoms with Crippen molar-refractivity contribution in [1.82, 2.24) is 20.6 Å². The molecule has 2 aromatic heterocycles. The van der Waals surface area contributed by atoms with Gasteiger partial charge in [0.15, 0.2) is 5.96 Å². The van der Waals surface area contributed by atoms with Crippen molar-refractivity contribution in [3.05, 3.63) is 39.8 Å². The number of anilines is 1. The Kier molecular flexibility index (Phi) is 7.40. The van der Waals surface area contributed by atoms with E-state index in [1.807, 2.05) is 0 Å². The van der Waals surface area contributed by atoms with Gasteiger partial charge in [-0.1, -0.05) is 0 Å². The van der Waals surface area contributed by atoms with Crippen LogP contribution in [0.25, 0.3) is 0 Å². The molecule has 2 aromatic rings. The Bertz CT molecular complexity index is 759. The molecule has 148 valence electrons. The first-order valence-corrected chi connectivity index (χ1v) is 9.26. The van der Waals surface area contributed by atoms with Gasteiger partial charge >= 0.3 is 6.18 Å². The topological polar surface area (TPSA) is 74.2 Å². The third-order valence-corrected chi connectivity index (χ3v) is 4.58. The lowest BCUT2D eigenvalue weighted by atomic mass is 10.2. The van der Waals surface area contributed by atoms with E-state index in [1.54, 1.807) is 18.4 Å². The molecule has 0 aliphatic rings. The average molecular weight is 400 g/mol. The van der Waals surface area contributed by atoms with E-state index < -0.39 is 11.9 Å². The van der Waals surface area contributed by atoms with Gasteiger partial charge in [0, 0.05) is 48.6 Å². The van der Waals surface area contributed by atoms with Gasteiger partial charge in [-0.25, -0.2) is 9.97 Å². The smallest absolute Gasteiger partial charge is 0.355 e. The molecule has 0 aliphatic heterocycles. The summed E-state index contributed by atoms with van der Waals surface area (Å²) in [7, 11) is 1.67. The fourth-order valence-electron chi connectivity index (χ4n) is 2.33. The van der Waals surface area contributed by atoms with E-state index in [0.717, 1.165) is 18.7 Å². The van der Waals surface area contributed by atoms with Crippen molar-refractivity contribution in [2.24, 2.45) is 4.99 Å². The molecule has 0 spiro atoms. The van der Waals surface area contributed by atoms with Crippen LogP contribution in [0.4, 0.5) is 19.1 Å². The lowest BCUT2D eigenvalue weighted by Crippen LogP contribution is -2.44. The highest BCUT2D eigenvalue weighted by Gasteiger charge is 2.32. The number of aromatic nitrogens is 2. The van der Waals surface area contributed by atoms with Gasteiger partial charge in [0.1, 0.15) is 5.69 Å². The van der Waals surface area contributed by atoms with Crippen molar-refractivity contribution in [3.63, 3.8) is 0 Å². The van der Waals surface area contributed by atoms with E-state index in [2.05, 4.69) is 56.9 Å². The predicted molar refractivity (Wildman–Crippen MR) is 102 cm³/mol. The predicted octanol–water partition coefficient (Wildman–Crippen LogP) is 3.07. The molecule has 10 heteroatoms. The molecular weight excluding hydrogens is 377 g/mol. The number of alkyl halides is 3. The van der Waals surface area contributed by atoms with Crippen LogP contribution in [0, 0.1) is 6.92 Å². The molecule has 0 saturated carbocycles. The maximum atomic E-state index is 12.6. The second-order valence-electron chi connectivity index (χ2n) is 5.95. The largest absolute Gasteiger partial charge is 0.433 e. The second-order valence-corrected chi connectivity index (χ2v) is 7.32. The summed E-state index contributed by atoms with van der Waals surface area (Å²) >= 11 is 1.77. The molecule has 0 amide bonds. The Hall–Kier alpha value is -2.36. The lowest BCUT2D eigenvalue weighted by molar-refractivity contribution is -0.141. The van der Waals surface area contributed by atoms with Gasteiger partial charge in [-0.15, -0.1) is 11.3 Å². The van der Waals surface area contributed by atoms with Crippen LogP contribution in [0.3, 0.4) is 0 Å². The number of aryl methyl sites for hydroxylation is 1. The summed E-state index contributed by atoms with van der Waals surface area (Å²) in [6.07, 6.45) is -2.52. The molecule has 0 aliphatic carbocycles. The Morgan fingerprint density at radius 1 is 1.26 bits per heavy atom. The molecule has 27 heavy (non-hydrogen) atoms. The van der Waals surface area contributed by atoms with Gasteiger partial charge < -0.3 is 16.0 Å². The molecule has 6 nitrogen and oxygen atoms in total. The standard InChI is InChI=1S/C17H23F3N6S/c1-11(10-13-5-4-12(2)27-13)25-15(21-3)23-8-9-24-16-22-7-6-14(26-16)17(18,19)20/h4-7,11H,8-10H2,1-3H3,(H2,21,23,25)(H,22,24,26). The second kappa shape index (κ2) is 9.54. The number of aliphatic imine (C=N–C) groups is 1. The zero-order chi connectivity index (χ0) is 19.9. The summed E-state index contributed by atoms with van der Waals surface area (Å²) in [4.78, 5) is 14.0. The highest BCUT2D eigenvalue weighted by atomic mass is 32.1. The van der Waals surface area contributed by atoms with E-state index in [1.165, 1.54) is 9.75 Å². The maximum Gasteiger partial charge on any atom is 0.433 e. The molecule has 0 fully saturated rings. The summed E-state index contributed by atoms with van der Waals surface area (Å²) < 4.78 is 37.9. The van der Waals surface area contributed by atoms with E-state index >= 15 is 0 Å². The zero-order valence-electron chi connectivity index (χ0n) is 15.4. The van der Waals surface area contributed by atoms with Gasteiger partial charge in [0.2, 0.25) is 5.95 Å². The van der Waals surface area contributed by atoms with Crippen LogP contribution in [-0.2, 0) is 12.6 Å². The third-order valence-electron chi connectivity index (χ3n) is 3.56. The van der Waals surface area contributed by atoms with Crippen LogP contribution in [0.5, 0.6) is 0 Å². The van der Waals surface area contributed by atoms with Crippen LogP contribution in [0.2, 0.25) is 0 Å². The average Bonchev–Trinajstić information content (AvgIpc) is 3.01. The first-order valence-electron chi connectivity index (χ1n) is 8.44. The van der Waals surface area contributed by atoms with E-state index in [-0.39, 0.29) is 12.0 Å².